The van der Waals surface area contributed by atoms with E-state index in [1.807, 2.05) is 0 Å². The van der Waals surface area contributed by atoms with Crippen molar-refractivity contribution >= 4 is 49.4 Å². The molecule has 10 aromatic rings. The Bertz CT molecular complexity index is 2840. The van der Waals surface area contributed by atoms with E-state index in [1.165, 1.54) is 76.8 Å². The molecule has 10 aromatic carbocycles. The summed E-state index contributed by atoms with van der Waals surface area (Å²) in [5.41, 5.74) is 12.9. The Balaban J connectivity index is 1.01. The molecular formula is C54H37N. The number of nitrogens with zero attached hydrogens (tertiary/aromatic N) is 1. The van der Waals surface area contributed by atoms with Crippen LogP contribution in [0.5, 0.6) is 0 Å². The molecule has 0 aliphatic carbocycles. The maximum atomic E-state index is 2.36. The molecule has 10 rings (SSSR count). The molecule has 0 radical (unpaired) electrons. The Morgan fingerprint density at radius 1 is 0.218 bits per heavy atom. The SMILES string of the molecule is c1ccc(-c2ccc(N(c3ccc(-c4ccccc4)cc3)c3cccc(-c4ccc(-c5ccc6ccc7ccc8ccccc8c7c6c5)cc4)c3)cc2)cc1. The molecule has 0 aliphatic heterocycles. The fraction of sp³-hybridized carbons (Fsp3) is 0. The summed E-state index contributed by atoms with van der Waals surface area (Å²) in [5, 5.41) is 7.71. The van der Waals surface area contributed by atoms with Crippen LogP contribution in [0.3, 0.4) is 0 Å². The van der Waals surface area contributed by atoms with Crippen molar-refractivity contribution in [2.24, 2.45) is 0 Å². The lowest BCUT2D eigenvalue weighted by molar-refractivity contribution is 1.28. The molecule has 0 bridgehead atoms. The fourth-order valence-corrected chi connectivity index (χ4v) is 8.00. The van der Waals surface area contributed by atoms with Crippen LogP contribution >= 0.6 is 0 Å². The van der Waals surface area contributed by atoms with Crippen LogP contribution in [0, 0.1) is 0 Å². The minimum absolute atomic E-state index is 1.11. The minimum Gasteiger partial charge on any atom is -0.310 e. The smallest absolute Gasteiger partial charge is 0.0467 e. The first-order chi connectivity index (χ1) is 27.2. The third-order valence-corrected chi connectivity index (χ3v) is 10.8. The monoisotopic (exact) mass is 699 g/mol. The molecule has 0 heterocycles. The maximum absolute atomic E-state index is 2.36. The molecule has 1 nitrogen and oxygen atoms in total. The highest BCUT2D eigenvalue weighted by Crippen LogP contribution is 2.39. The molecule has 55 heavy (non-hydrogen) atoms. The summed E-state index contributed by atoms with van der Waals surface area (Å²) in [6, 6.07) is 81.4. The number of fused-ring (bicyclic) bond motifs is 5. The molecule has 0 aromatic heterocycles. The van der Waals surface area contributed by atoms with Gasteiger partial charge in [-0.05, 0) is 119 Å². The van der Waals surface area contributed by atoms with Gasteiger partial charge in [0.15, 0.2) is 0 Å². The summed E-state index contributed by atoms with van der Waals surface area (Å²) >= 11 is 0. The molecule has 0 fully saturated rings. The predicted molar refractivity (Wildman–Crippen MR) is 235 cm³/mol. The van der Waals surface area contributed by atoms with Crippen molar-refractivity contribution in [2.75, 3.05) is 4.90 Å². The topological polar surface area (TPSA) is 3.24 Å². The second-order valence-electron chi connectivity index (χ2n) is 14.2. The van der Waals surface area contributed by atoms with Crippen LogP contribution in [0.25, 0.3) is 76.8 Å². The third kappa shape index (κ3) is 6.22. The zero-order valence-corrected chi connectivity index (χ0v) is 30.3. The zero-order valence-electron chi connectivity index (χ0n) is 30.3. The second kappa shape index (κ2) is 14.0. The first kappa shape index (κ1) is 32.4. The lowest BCUT2D eigenvalue weighted by Crippen LogP contribution is -2.10. The molecule has 0 unspecified atom stereocenters. The average molecular weight is 700 g/mol. The van der Waals surface area contributed by atoms with Gasteiger partial charge in [0.05, 0.1) is 0 Å². The second-order valence-corrected chi connectivity index (χ2v) is 14.2. The van der Waals surface area contributed by atoms with Crippen LogP contribution < -0.4 is 4.90 Å². The van der Waals surface area contributed by atoms with E-state index in [0.717, 1.165) is 17.1 Å². The van der Waals surface area contributed by atoms with E-state index >= 15 is 0 Å². The van der Waals surface area contributed by atoms with Crippen molar-refractivity contribution < 1.29 is 0 Å². The van der Waals surface area contributed by atoms with Gasteiger partial charge in [0.25, 0.3) is 0 Å². The molecule has 0 atom stereocenters. The Morgan fingerprint density at radius 3 is 1.22 bits per heavy atom. The van der Waals surface area contributed by atoms with E-state index in [2.05, 4.69) is 229 Å². The Labute approximate surface area is 322 Å². The van der Waals surface area contributed by atoms with Gasteiger partial charge < -0.3 is 4.90 Å². The standard InChI is InChI=1S/C54H37N/c1-3-10-38(11-4-1)40-28-32-49(33-29-40)55(50-34-30-41(31-35-50)39-12-5-2-6-13-39)51-16-9-15-47(36-51)42-18-20-43(21-19-42)48-27-24-45-23-26-46-25-22-44-14-7-8-17-52(44)54(46)53(45)37-48/h1-37H. The molecule has 1 heteroatoms. The minimum atomic E-state index is 1.11. The molecule has 0 N–H and O–H groups in total. The van der Waals surface area contributed by atoms with Crippen molar-refractivity contribution in [1.82, 2.24) is 0 Å². The molecular weight excluding hydrogens is 663 g/mol. The molecule has 0 spiro atoms. The van der Waals surface area contributed by atoms with Crippen molar-refractivity contribution in [3.8, 4) is 44.5 Å². The number of hydrogen-bond acceptors (Lipinski definition) is 1. The maximum Gasteiger partial charge on any atom is 0.0467 e. The highest BCUT2D eigenvalue weighted by atomic mass is 15.1. The fourth-order valence-electron chi connectivity index (χ4n) is 8.00. The van der Waals surface area contributed by atoms with Gasteiger partial charge in [-0.2, -0.15) is 0 Å². The first-order valence-electron chi connectivity index (χ1n) is 18.9. The van der Waals surface area contributed by atoms with E-state index < -0.39 is 0 Å². The Morgan fingerprint density at radius 2 is 0.618 bits per heavy atom. The van der Waals surface area contributed by atoms with Gasteiger partial charge in [0.2, 0.25) is 0 Å². The van der Waals surface area contributed by atoms with Gasteiger partial charge in [0.1, 0.15) is 0 Å². The summed E-state index contributed by atoms with van der Waals surface area (Å²) in [4.78, 5) is 2.35. The lowest BCUT2D eigenvalue weighted by Gasteiger charge is -2.26. The van der Waals surface area contributed by atoms with Gasteiger partial charge in [-0.3, -0.25) is 0 Å². The van der Waals surface area contributed by atoms with Gasteiger partial charge in [-0.1, -0.05) is 182 Å². The lowest BCUT2D eigenvalue weighted by atomic mass is 9.93. The highest BCUT2D eigenvalue weighted by Gasteiger charge is 2.15. The number of benzene rings is 10. The summed E-state index contributed by atoms with van der Waals surface area (Å²) in [7, 11) is 0. The van der Waals surface area contributed by atoms with E-state index in [4.69, 9.17) is 0 Å². The zero-order chi connectivity index (χ0) is 36.6. The van der Waals surface area contributed by atoms with Gasteiger partial charge in [-0.25, -0.2) is 0 Å². The van der Waals surface area contributed by atoms with Gasteiger partial charge in [0, 0.05) is 17.1 Å². The first-order valence-corrected chi connectivity index (χ1v) is 18.9. The number of rotatable bonds is 7. The molecule has 0 aliphatic rings. The van der Waals surface area contributed by atoms with Crippen molar-refractivity contribution in [2.45, 2.75) is 0 Å². The quantitative estimate of drug-likeness (QED) is 0.150. The van der Waals surface area contributed by atoms with Crippen molar-refractivity contribution in [3.63, 3.8) is 0 Å². The van der Waals surface area contributed by atoms with Crippen LogP contribution in [0.4, 0.5) is 17.1 Å². The number of anilines is 3. The summed E-state index contributed by atoms with van der Waals surface area (Å²) in [6.07, 6.45) is 0. The predicted octanol–water partition coefficient (Wildman–Crippen LogP) is 15.3. The summed E-state index contributed by atoms with van der Waals surface area (Å²) in [5.74, 6) is 0. The van der Waals surface area contributed by atoms with Crippen LogP contribution in [0.1, 0.15) is 0 Å². The summed E-state index contributed by atoms with van der Waals surface area (Å²) < 4.78 is 0. The molecule has 0 saturated carbocycles. The van der Waals surface area contributed by atoms with Crippen LogP contribution in [-0.2, 0) is 0 Å². The normalized spacial score (nSPS) is 11.3. The van der Waals surface area contributed by atoms with Crippen molar-refractivity contribution in [1.29, 1.82) is 0 Å². The summed E-state index contributed by atoms with van der Waals surface area (Å²) in [6.45, 7) is 0. The van der Waals surface area contributed by atoms with E-state index in [9.17, 15) is 0 Å². The van der Waals surface area contributed by atoms with Gasteiger partial charge in [-0.15, -0.1) is 0 Å². The third-order valence-electron chi connectivity index (χ3n) is 10.8. The molecule has 0 saturated heterocycles. The van der Waals surface area contributed by atoms with Crippen LogP contribution in [-0.4, -0.2) is 0 Å². The van der Waals surface area contributed by atoms with E-state index in [-0.39, 0.29) is 0 Å². The molecule has 0 amide bonds. The number of hydrogen-bond donors (Lipinski definition) is 0. The van der Waals surface area contributed by atoms with Crippen LogP contribution in [0.15, 0.2) is 224 Å². The van der Waals surface area contributed by atoms with Crippen molar-refractivity contribution in [3.05, 3.63) is 224 Å². The van der Waals surface area contributed by atoms with Crippen LogP contribution in [0.2, 0.25) is 0 Å². The Hall–Kier alpha value is -7.22. The Kier molecular flexibility index (Phi) is 8.24. The largest absolute Gasteiger partial charge is 0.310 e. The molecule has 258 valence electrons. The van der Waals surface area contributed by atoms with E-state index in [0.29, 0.717) is 0 Å². The average Bonchev–Trinajstić information content (AvgIpc) is 3.27. The highest BCUT2D eigenvalue weighted by molar-refractivity contribution is 6.20. The van der Waals surface area contributed by atoms with Gasteiger partial charge >= 0.3 is 0 Å². The van der Waals surface area contributed by atoms with E-state index in [1.54, 1.807) is 0 Å².